The Morgan fingerprint density at radius 2 is 1.93 bits per heavy atom. The lowest BCUT2D eigenvalue weighted by molar-refractivity contribution is -0.152. The Morgan fingerprint density at radius 1 is 1.21 bits per heavy atom. The number of esters is 1. The Balaban J connectivity index is 1.88. The van der Waals surface area contributed by atoms with Crippen LogP contribution in [0.3, 0.4) is 0 Å². The van der Waals surface area contributed by atoms with Gasteiger partial charge < -0.3 is 9.47 Å². The van der Waals surface area contributed by atoms with E-state index in [1.165, 1.54) is 7.11 Å². The van der Waals surface area contributed by atoms with Crippen LogP contribution in [-0.4, -0.2) is 19.7 Å². The molecule has 2 aromatic rings. The number of hydrogen-bond donors (Lipinski definition) is 0. The molecule has 6 heteroatoms. The smallest absolute Gasteiger partial charge is 0.309 e. The molecule has 0 radical (unpaired) electrons. The van der Waals surface area contributed by atoms with E-state index in [-0.39, 0.29) is 29.8 Å². The van der Waals surface area contributed by atoms with Crippen molar-refractivity contribution < 1.29 is 23.0 Å². The molecular weight excluding hydrogens is 386 g/mol. The lowest BCUT2D eigenvalue weighted by Crippen LogP contribution is -2.52. The quantitative estimate of drug-likeness (QED) is 0.667. The van der Waals surface area contributed by atoms with Gasteiger partial charge in [0.2, 0.25) is 0 Å². The second kappa shape index (κ2) is 7.36. The van der Waals surface area contributed by atoms with E-state index in [4.69, 9.17) is 21.1 Å². The molecule has 2 aliphatic rings. The fraction of sp³-hybridized carbons (Fsp3) is 0.409. The molecule has 1 aliphatic heterocycles. The van der Waals surface area contributed by atoms with E-state index in [1.54, 1.807) is 12.1 Å². The molecule has 0 aromatic heterocycles. The van der Waals surface area contributed by atoms with Gasteiger partial charge in [0.25, 0.3) is 0 Å². The summed E-state index contributed by atoms with van der Waals surface area (Å²) in [6, 6.07) is 9.58. The third kappa shape index (κ3) is 3.06. The first-order valence-electron chi connectivity index (χ1n) is 9.40. The van der Waals surface area contributed by atoms with Crippen LogP contribution >= 0.6 is 11.6 Å². The highest BCUT2D eigenvalue weighted by Gasteiger charge is 2.54. The zero-order valence-electron chi connectivity index (χ0n) is 15.5. The monoisotopic (exact) mass is 406 g/mol. The number of carbonyl (C=O) groups excluding carboxylic acids is 1. The van der Waals surface area contributed by atoms with E-state index in [9.17, 15) is 9.18 Å². The van der Waals surface area contributed by atoms with Gasteiger partial charge in [0.15, 0.2) is 11.6 Å². The van der Waals surface area contributed by atoms with Gasteiger partial charge in [-0.05, 0) is 49.1 Å². The highest BCUT2D eigenvalue weighted by Crippen LogP contribution is 2.55. The van der Waals surface area contributed by atoms with Gasteiger partial charge in [-0.3, -0.25) is 4.79 Å². The normalized spacial score (nSPS) is 26.0. The molecule has 2 aromatic carbocycles. The SMILES string of the molecule is COC(=O)[C@@H]1CCC[C@@]2(Cc3ccc(Cl)cc3)c3c(F)ccc(F)c3OC[C@@H]12. The van der Waals surface area contributed by atoms with E-state index >= 15 is 4.39 Å². The molecule has 1 heterocycles. The van der Waals surface area contributed by atoms with Gasteiger partial charge in [0.1, 0.15) is 5.82 Å². The zero-order chi connectivity index (χ0) is 19.9. The molecule has 28 heavy (non-hydrogen) atoms. The molecule has 0 bridgehead atoms. The first kappa shape index (κ1) is 19.2. The van der Waals surface area contributed by atoms with Gasteiger partial charge in [-0.25, -0.2) is 8.78 Å². The van der Waals surface area contributed by atoms with Gasteiger partial charge in [-0.1, -0.05) is 30.2 Å². The Morgan fingerprint density at radius 3 is 2.64 bits per heavy atom. The Bertz CT molecular complexity index is 899. The summed E-state index contributed by atoms with van der Waals surface area (Å²) in [6.45, 7) is 0.154. The standard InChI is InChI=1S/C22H21ClF2O3/c1-27-21(26)15-3-2-10-22(11-13-4-6-14(23)7-5-13)16(15)12-28-20-18(25)9-8-17(24)19(20)22/h4-9,15-16H,2-3,10-12H2,1H3/t15-,16+,22+/m1/s1. The summed E-state index contributed by atoms with van der Waals surface area (Å²) in [7, 11) is 1.36. The van der Waals surface area contributed by atoms with E-state index in [0.29, 0.717) is 24.3 Å². The van der Waals surface area contributed by atoms with E-state index in [2.05, 4.69) is 0 Å². The number of ether oxygens (including phenoxy) is 2. The van der Waals surface area contributed by atoms with Gasteiger partial charge in [-0.2, -0.15) is 0 Å². The number of halogens is 3. The predicted octanol–water partition coefficient (Wildman–Crippen LogP) is 5.08. The molecule has 0 amide bonds. The first-order chi connectivity index (χ1) is 13.5. The van der Waals surface area contributed by atoms with Gasteiger partial charge >= 0.3 is 5.97 Å². The topological polar surface area (TPSA) is 35.5 Å². The van der Waals surface area contributed by atoms with E-state index < -0.39 is 23.0 Å². The largest absolute Gasteiger partial charge is 0.490 e. The maximum absolute atomic E-state index is 15.1. The number of hydrogen-bond acceptors (Lipinski definition) is 3. The van der Waals surface area contributed by atoms with Crippen LogP contribution < -0.4 is 4.74 Å². The lowest BCUT2D eigenvalue weighted by Gasteiger charge is -2.50. The Labute approximate surface area is 167 Å². The average Bonchev–Trinajstić information content (AvgIpc) is 2.70. The highest BCUT2D eigenvalue weighted by molar-refractivity contribution is 6.30. The van der Waals surface area contributed by atoms with Gasteiger partial charge in [-0.15, -0.1) is 0 Å². The molecule has 148 valence electrons. The average molecular weight is 407 g/mol. The van der Waals surface area contributed by atoms with Crippen LogP contribution in [0.2, 0.25) is 5.02 Å². The van der Waals surface area contributed by atoms with Crippen molar-refractivity contribution in [2.75, 3.05) is 13.7 Å². The van der Waals surface area contributed by atoms with E-state index in [1.807, 2.05) is 12.1 Å². The fourth-order valence-corrected chi connectivity index (χ4v) is 5.14. The van der Waals surface area contributed by atoms with Crippen LogP contribution in [0.15, 0.2) is 36.4 Å². The zero-order valence-corrected chi connectivity index (χ0v) is 16.3. The fourth-order valence-electron chi connectivity index (χ4n) is 5.01. The number of benzene rings is 2. The molecule has 1 fully saturated rings. The summed E-state index contributed by atoms with van der Waals surface area (Å²) in [6.07, 6.45) is 2.48. The third-order valence-corrected chi connectivity index (χ3v) is 6.49. The van der Waals surface area contributed by atoms with Crippen LogP contribution in [0.1, 0.15) is 30.4 Å². The maximum Gasteiger partial charge on any atom is 0.309 e. The molecule has 0 spiro atoms. The number of carbonyl (C=O) groups is 1. The molecule has 1 aliphatic carbocycles. The molecular formula is C22H21ClF2O3. The molecule has 3 atom stereocenters. The van der Waals surface area contributed by atoms with Gasteiger partial charge in [0, 0.05) is 21.9 Å². The third-order valence-electron chi connectivity index (χ3n) is 6.23. The van der Waals surface area contributed by atoms with Crippen molar-refractivity contribution in [2.45, 2.75) is 31.1 Å². The Kier molecular flexibility index (Phi) is 5.04. The summed E-state index contributed by atoms with van der Waals surface area (Å²) in [5, 5.41) is 0.610. The minimum absolute atomic E-state index is 0.0317. The van der Waals surface area contributed by atoms with Crippen molar-refractivity contribution in [3.05, 3.63) is 64.2 Å². The Hall–Kier alpha value is -2.14. The van der Waals surface area contributed by atoms with Crippen LogP contribution in [0.25, 0.3) is 0 Å². The molecule has 4 rings (SSSR count). The number of fused-ring (bicyclic) bond motifs is 3. The lowest BCUT2D eigenvalue weighted by atomic mass is 9.55. The van der Waals surface area contributed by atoms with Crippen molar-refractivity contribution in [2.24, 2.45) is 11.8 Å². The number of rotatable bonds is 3. The van der Waals surface area contributed by atoms with Crippen molar-refractivity contribution in [1.82, 2.24) is 0 Å². The summed E-state index contributed by atoms with van der Waals surface area (Å²) in [5.41, 5.74) is 0.453. The summed E-state index contributed by atoms with van der Waals surface area (Å²) in [5.74, 6) is -2.15. The molecule has 1 saturated carbocycles. The molecule has 0 saturated heterocycles. The first-order valence-corrected chi connectivity index (χ1v) is 9.77. The summed E-state index contributed by atoms with van der Waals surface area (Å²) in [4.78, 5) is 12.5. The van der Waals surface area contributed by atoms with Crippen molar-refractivity contribution in [3.8, 4) is 5.75 Å². The second-order valence-electron chi connectivity index (χ2n) is 7.63. The van der Waals surface area contributed by atoms with Crippen molar-refractivity contribution >= 4 is 17.6 Å². The predicted molar refractivity (Wildman–Crippen MR) is 102 cm³/mol. The summed E-state index contributed by atoms with van der Waals surface area (Å²) < 4.78 is 40.2. The van der Waals surface area contributed by atoms with Crippen LogP contribution in [-0.2, 0) is 21.4 Å². The van der Waals surface area contributed by atoms with Crippen molar-refractivity contribution in [1.29, 1.82) is 0 Å². The maximum atomic E-state index is 15.1. The second-order valence-corrected chi connectivity index (χ2v) is 8.07. The van der Waals surface area contributed by atoms with Crippen LogP contribution in [0.4, 0.5) is 8.78 Å². The van der Waals surface area contributed by atoms with Crippen LogP contribution in [0, 0.1) is 23.5 Å². The minimum Gasteiger partial charge on any atom is -0.490 e. The molecule has 3 nitrogen and oxygen atoms in total. The molecule has 0 unspecified atom stereocenters. The minimum atomic E-state index is -0.745. The summed E-state index contributed by atoms with van der Waals surface area (Å²) >= 11 is 6.01. The van der Waals surface area contributed by atoms with E-state index in [0.717, 1.165) is 24.1 Å². The molecule has 0 N–H and O–H groups in total. The highest BCUT2D eigenvalue weighted by atomic mass is 35.5. The van der Waals surface area contributed by atoms with Crippen molar-refractivity contribution in [3.63, 3.8) is 0 Å². The van der Waals surface area contributed by atoms with Gasteiger partial charge in [0.05, 0.1) is 19.6 Å². The van der Waals surface area contributed by atoms with Crippen LogP contribution in [0.5, 0.6) is 5.75 Å². The number of methoxy groups -OCH3 is 1.